The number of anilines is 1. The lowest BCUT2D eigenvalue weighted by Gasteiger charge is -2.21. The first kappa shape index (κ1) is 18.1. The van der Waals surface area contributed by atoms with Crippen molar-refractivity contribution in [2.24, 2.45) is 11.7 Å². The van der Waals surface area contributed by atoms with Crippen LogP contribution >= 0.6 is 11.6 Å². The summed E-state index contributed by atoms with van der Waals surface area (Å²) in [5.41, 5.74) is 3.82. The molecule has 0 radical (unpaired) electrons. The van der Waals surface area contributed by atoms with Crippen molar-refractivity contribution >= 4 is 29.2 Å². The number of carbonyl (C=O) groups is 2. The van der Waals surface area contributed by atoms with Gasteiger partial charge in [0.1, 0.15) is 6.04 Å². The summed E-state index contributed by atoms with van der Waals surface area (Å²) < 4.78 is 38.3. The molecule has 0 aliphatic carbocycles. The highest BCUT2D eigenvalue weighted by Crippen LogP contribution is 2.36. The van der Waals surface area contributed by atoms with Crippen molar-refractivity contribution in [3.8, 4) is 0 Å². The molecule has 0 saturated carbocycles. The Kier molecular flexibility index (Phi) is 5.65. The van der Waals surface area contributed by atoms with Crippen LogP contribution in [0.4, 0.5) is 23.7 Å². The fourth-order valence-corrected chi connectivity index (χ4v) is 1.95. The van der Waals surface area contributed by atoms with Crippen molar-refractivity contribution in [2.45, 2.75) is 26.1 Å². The lowest BCUT2D eigenvalue weighted by Crippen LogP contribution is -2.49. The Morgan fingerprint density at radius 3 is 2.32 bits per heavy atom. The maximum atomic E-state index is 12.8. The van der Waals surface area contributed by atoms with E-state index in [1.807, 2.05) is 0 Å². The molecule has 9 heteroatoms. The first-order valence-corrected chi connectivity index (χ1v) is 6.63. The molecule has 0 aliphatic rings. The van der Waals surface area contributed by atoms with Crippen LogP contribution < -0.4 is 16.4 Å². The molecule has 1 aromatic rings. The Hall–Kier alpha value is -1.96. The molecule has 0 aromatic heterocycles. The largest absolute Gasteiger partial charge is 0.417 e. The van der Waals surface area contributed by atoms with Gasteiger partial charge in [-0.3, -0.25) is 4.79 Å². The third kappa shape index (κ3) is 4.80. The van der Waals surface area contributed by atoms with Crippen molar-refractivity contribution in [3.63, 3.8) is 0 Å². The Labute approximate surface area is 130 Å². The van der Waals surface area contributed by atoms with Crippen molar-refractivity contribution in [3.05, 3.63) is 28.8 Å². The number of primary amides is 1. The molecule has 1 atom stereocenters. The molecule has 0 bridgehead atoms. The molecule has 1 rings (SSSR count). The molecular formula is C13H15ClF3N3O2. The molecule has 0 spiro atoms. The topological polar surface area (TPSA) is 84.2 Å². The van der Waals surface area contributed by atoms with Gasteiger partial charge in [-0.15, -0.1) is 0 Å². The molecule has 0 heterocycles. The van der Waals surface area contributed by atoms with Crippen molar-refractivity contribution in [2.75, 3.05) is 5.32 Å². The molecule has 1 unspecified atom stereocenters. The van der Waals surface area contributed by atoms with Crippen molar-refractivity contribution in [1.29, 1.82) is 0 Å². The zero-order chi connectivity index (χ0) is 17.1. The summed E-state index contributed by atoms with van der Waals surface area (Å²) in [5, 5.41) is 4.06. The molecular weight excluding hydrogens is 323 g/mol. The van der Waals surface area contributed by atoms with Gasteiger partial charge in [-0.1, -0.05) is 25.4 Å². The summed E-state index contributed by atoms with van der Waals surface area (Å²) in [7, 11) is 0. The Morgan fingerprint density at radius 1 is 1.27 bits per heavy atom. The maximum Gasteiger partial charge on any atom is 0.417 e. The lowest BCUT2D eigenvalue weighted by atomic mass is 10.0. The van der Waals surface area contributed by atoms with Gasteiger partial charge >= 0.3 is 12.2 Å². The molecule has 4 N–H and O–H groups in total. The Bertz CT molecular complexity index is 576. The molecule has 1 aromatic carbocycles. The molecule has 3 amide bonds. The predicted octanol–water partition coefficient (Wildman–Crippen LogP) is 2.99. The number of alkyl halides is 3. The lowest BCUT2D eigenvalue weighted by molar-refractivity contribution is -0.137. The van der Waals surface area contributed by atoms with E-state index in [1.165, 1.54) is 6.07 Å². The average Bonchev–Trinajstić information content (AvgIpc) is 2.36. The minimum atomic E-state index is -4.64. The van der Waals surface area contributed by atoms with Crippen LogP contribution in [-0.4, -0.2) is 18.0 Å². The summed E-state index contributed by atoms with van der Waals surface area (Å²) in [6.45, 7) is 3.31. The SMILES string of the molecule is CC(C)C(NC(N)=O)C(=O)Nc1ccc(Cl)c(C(F)(F)F)c1. The number of amides is 3. The van der Waals surface area contributed by atoms with Gasteiger partial charge in [-0.2, -0.15) is 13.2 Å². The monoisotopic (exact) mass is 337 g/mol. The average molecular weight is 338 g/mol. The van der Waals surface area contributed by atoms with E-state index in [1.54, 1.807) is 13.8 Å². The summed E-state index contributed by atoms with van der Waals surface area (Å²) in [5.74, 6) is -0.980. The highest BCUT2D eigenvalue weighted by molar-refractivity contribution is 6.31. The van der Waals surface area contributed by atoms with E-state index in [9.17, 15) is 22.8 Å². The van der Waals surface area contributed by atoms with E-state index in [2.05, 4.69) is 10.6 Å². The molecule has 122 valence electrons. The second-order valence-electron chi connectivity index (χ2n) is 4.91. The minimum absolute atomic E-state index is 0.0846. The number of rotatable bonds is 4. The Morgan fingerprint density at radius 2 is 1.86 bits per heavy atom. The summed E-state index contributed by atoms with van der Waals surface area (Å²) in [6.07, 6.45) is -4.64. The van der Waals surface area contributed by atoms with Crippen LogP contribution in [0.1, 0.15) is 19.4 Å². The molecule has 0 saturated heterocycles. The standard InChI is InChI=1S/C13H15ClF3N3O2/c1-6(2)10(20-12(18)22)11(21)19-7-3-4-9(14)8(5-7)13(15,16)17/h3-6,10H,1-2H3,(H,19,21)(H3,18,20,22). The summed E-state index contributed by atoms with van der Waals surface area (Å²) in [4.78, 5) is 22.9. The normalized spacial score (nSPS) is 12.9. The van der Waals surface area contributed by atoms with Crippen LogP contribution in [0.3, 0.4) is 0 Å². The van der Waals surface area contributed by atoms with Crippen molar-refractivity contribution in [1.82, 2.24) is 5.32 Å². The molecule has 22 heavy (non-hydrogen) atoms. The zero-order valence-electron chi connectivity index (χ0n) is 11.8. The van der Waals surface area contributed by atoms with Gasteiger partial charge in [0.05, 0.1) is 10.6 Å². The van der Waals surface area contributed by atoms with Gasteiger partial charge in [-0.25, -0.2) is 4.79 Å². The van der Waals surface area contributed by atoms with Crippen LogP contribution in [0.25, 0.3) is 0 Å². The molecule has 0 aliphatic heterocycles. The van der Waals surface area contributed by atoms with E-state index in [-0.39, 0.29) is 11.6 Å². The minimum Gasteiger partial charge on any atom is -0.352 e. The number of carbonyl (C=O) groups excluding carboxylic acids is 2. The van der Waals surface area contributed by atoms with Crippen LogP contribution in [0, 0.1) is 5.92 Å². The number of nitrogens with one attached hydrogen (secondary N) is 2. The summed E-state index contributed by atoms with van der Waals surface area (Å²) >= 11 is 5.49. The number of nitrogens with two attached hydrogens (primary N) is 1. The Balaban J connectivity index is 2.99. The number of hydrogen-bond acceptors (Lipinski definition) is 2. The van der Waals surface area contributed by atoms with Crippen LogP contribution in [-0.2, 0) is 11.0 Å². The van der Waals surface area contributed by atoms with Crippen LogP contribution in [0.5, 0.6) is 0 Å². The summed E-state index contributed by atoms with van der Waals surface area (Å²) in [6, 6.07) is 1.12. The van der Waals surface area contributed by atoms with E-state index in [0.29, 0.717) is 0 Å². The molecule has 0 fully saturated rings. The van der Waals surface area contributed by atoms with Gasteiger partial charge in [0.15, 0.2) is 0 Å². The van der Waals surface area contributed by atoms with E-state index in [4.69, 9.17) is 17.3 Å². The highest BCUT2D eigenvalue weighted by atomic mass is 35.5. The van der Waals surface area contributed by atoms with Gasteiger partial charge in [0.2, 0.25) is 5.91 Å². The second kappa shape index (κ2) is 6.87. The van der Waals surface area contributed by atoms with Gasteiger partial charge in [0, 0.05) is 5.69 Å². The van der Waals surface area contributed by atoms with E-state index in [0.717, 1.165) is 12.1 Å². The third-order valence-electron chi connectivity index (χ3n) is 2.79. The number of benzene rings is 1. The first-order chi connectivity index (χ1) is 10.0. The molecule has 5 nitrogen and oxygen atoms in total. The van der Waals surface area contributed by atoms with E-state index < -0.39 is 34.7 Å². The second-order valence-corrected chi connectivity index (χ2v) is 5.32. The number of halogens is 4. The smallest absolute Gasteiger partial charge is 0.352 e. The van der Waals surface area contributed by atoms with Crippen molar-refractivity contribution < 1.29 is 22.8 Å². The fourth-order valence-electron chi connectivity index (χ4n) is 1.73. The quantitative estimate of drug-likeness (QED) is 0.789. The zero-order valence-corrected chi connectivity index (χ0v) is 12.5. The van der Waals surface area contributed by atoms with Crippen LogP contribution in [0.2, 0.25) is 5.02 Å². The maximum absolute atomic E-state index is 12.8. The van der Waals surface area contributed by atoms with Gasteiger partial charge in [0.25, 0.3) is 0 Å². The van der Waals surface area contributed by atoms with Gasteiger partial charge < -0.3 is 16.4 Å². The first-order valence-electron chi connectivity index (χ1n) is 6.26. The number of urea groups is 1. The van der Waals surface area contributed by atoms with Gasteiger partial charge in [-0.05, 0) is 24.1 Å². The third-order valence-corrected chi connectivity index (χ3v) is 3.12. The fraction of sp³-hybridized carbons (Fsp3) is 0.385. The van der Waals surface area contributed by atoms with Crippen LogP contribution in [0.15, 0.2) is 18.2 Å². The predicted molar refractivity (Wildman–Crippen MR) is 76.4 cm³/mol. The highest BCUT2D eigenvalue weighted by Gasteiger charge is 2.33. The van der Waals surface area contributed by atoms with E-state index >= 15 is 0 Å². The number of hydrogen-bond donors (Lipinski definition) is 3.